The van der Waals surface area contributed by atoms with Gasteiger partial charge in [-0.05, 0) is 30.7 Å². The number of carbonyl (C=O) groups excluding carboxylic acids is 2. The molecule has 3 aromatic rings. The van der Waals surface area contributed by atoms with Gasteiger partial charge in [-0.25, -0.2) is 14.6 Å². The van der Waals surface area contributed by atoms with Gasteiger partial charge in [-0.15, -0.1) is 5.10 Å². The van der Waals surface area contributed by atoms with Gasteiger partial charge >= 0.3 is 12.0 Å². The van der Waals surface area contributed by atoms with Crippen LogP contribution >= 0.6 is 0 Å². The summed E-state index contributed by atoms with van der Waals surface area (Å²) in [6, 6.07) is 11.6. The Morgan fingerprint density at radius 2 is 1.84 bits per heavy atom. The van der Waals surface area contributed by atoms with Crippen LogP contribution in [0.5, 0.6) is 0 Å². The van der Waals surface area contributed by atoms with Crippen molar-refractivity contribution in [3.05, 3.63) is 53.2 Å². The van der Waals surface area contributed by atoms with E-state index < -0.39 is 12.1 Å². The molecular weight excluding hydrogens is 472 g/mol. The highest BCUT2D eigenvalue weighted by atomic mass is 16.5. The Balaban J connectivity index is 1.53. The topological polar surface area (TPSA) is 104 Å². The number of hydrogen-bond acceptors (Lipinski definition) is 7. The standard InChI is InChI=1S/C27H34N6O4/c1-18-22(23(34)25(35)37-4)24(30-12-10-27(2,3)11-13-30)33-20(28-18)16-21(29-33)32-15-14-31(26(32)36)17-19-8-6-5-7-9-19/h5-9,16,23,34H,10-15,17H2,1-4H3/t23-/m0/s1. The van der Waals surface area contributed by atoms with E-state index in [-0.39, 0.29) is 11.4 Å². The Morgan fingerprint density at radius 1 is 1.14 bits per heavy atom. The second-order valence-corrected chi connectivity index (χ2v) is 10.6. The molecule has 1 atom stereocenters. The fourth-order valence-corrected chi connectivity index (χ4v) is 5.16. The number of carbonyl (C=O) groups is 2. The minimum Gasteiger partial charge on any atom is -0.467 e. The van der Waals surface area contributed by atoms with E-state index in [9.17, 15) is 14.7 Å². The molecule has 1 aromatic carbocycles. The van der Waals surface area contributed by atoms with Crippen molar-refractivity contribution in [1.82, 2.24) is 19.5 Å². The molecule has 0 unspecified atom stereocenters. The third-order valence-electron chi connectivity index (χ3n) is 7.49. The van der Waals surface area contributed by atoms with E-state index in [1.807, 2.05) is 30.3 Å². The van der Waals surface area contributed by atoms with Crippen LogP contribution < -0.4 is 9.80 Å². The van der Waals surface area contributed by atoms with Gasteiger partial charge in [0.1, 0.15) is 5.82 Å². The van der Waals surface area contributed by atoms with Crippen molar-refractivity contribution in [2.75, 3.05) is 43.1 Å². The molecule has 2 saturated heterocycles. The first-order chi connectivity index (χ1) is 17.7. The number of hydrogen-bond donors (Lipinski definition) is 1. The largest absolute Gasteiger partial charge is 0.467 e. The van der Waals surface area contributed by atoms with Crippen LogP contribution in [0.25, 0.3) is 5.65 Å². The van der Waals surface area contributed by atoms with Gasteiger partial charge in [0, 0.05) is 44.5 Å². The summed E-state index contributed by atoms with van der Waals surface area (Å²) in [5.74, 6) is 0.368. The number of urea groups is 1. The molecule has 0 bridgehead atoms. The Hall–Kier alpha value is -3.66. The number of methoxy groups -OCH3 is 1. The zero-order valence-corrected chi connectivity index (χ0v) is 21.8. The lowest BCUT2D eigenvalue weighted by Crippen LogP contribution is -2.39. The molecule has 2 aromatic heterocycles. The summed E-state index contributed by atoms with van der Waals surface area (Å²) in [5.41, 5.74) is 2.74. The van der Waals surface area contributed by atoms with Crippen LogP contribution in [0.15, 0.2) is 36.4 Å². The first-order valence-electron chi connectivity index (χ1n) is 12.7. The lowest BCUT2D eigenvalue weighted by Gasteiger charge is -2.39. The summed E-state index contributed by atoms with van der Waals surface area (Å²) in [6.45, 7) is 9.39. The third kappa shape index (κ3) is 4.73. The first kappa shape index (κ1) is 25.0. The predicted molar refractivity (Wildman–Crippen MR) is 140 cm³/mol. The molecule has 196 valence electrons. The van der Waals surface area contributed by atoms with E-state index in [1.165, 1.54) is 7.11 Å². The van der Waals surface area contributed by atoms with Crippen LogP contribution in [0, 0.1) is 12.3 Å². The number of anilines is 2. The first-order valence-corrected chi connectivity index (χ1v) is 12.7. The number of esters is 1. The Labute approximate surface area is 216 Å². The van der Waals surface area contributed by atoms with Crippen molar-refractivity contribution in [2.45, 2.75) is 46.3 Å². The van der Waals surface area contributed by atoms with Crippen LogP contribution in [0.4, 0.5) is 16.4 Å². The maximum Gasteiger partial charge on any atom is 0.339 e. The van der Waals surface area contributed by atoms with E-state index in [4.69, 9.17) is 9.84 Å². The molecule has 10 nitrogen and oxygen atoms in total. The highest BCUT2D eigenvalue weighted by molar-refractivity contribution is 5.93. The average molecular weight is 507 g/mol. The maximum atomic E-state index is 13.3. The van der Waals surface area contributed by atoms with E-state index in [1.54, 1.807) is 27.3 Å². The normalized spacial score (nSPS) is 18.5. The number of piperidine rings is 1. The molecule has 1 N–H and O–H groups in total. The van der Waals surface area contributed by atoms with Gasteiger partial charge in [0.15, 0.2) is 17.6 Å². The molecule has 2 aliphatic heterocycles. The number of rotatable bonds is 6. The number of aromatic nitrogens is 3. The van der Waals surface area contributed by atoms with Gasteiger partial charge in [0.2, 0.25) is 0 Å². The van der Waals surface area contributed by atoms with E-state index in [0.29, 0.717) is 48.2 Å². The summed E-state index contributed by atoms with van der Waals surface area (Å²) in [7, 11) is 1.25. The Morgan fingerprint density at radius 3 is 2.51 bits per heavy atom. The maximum absolute atomic E-state index is 13.3. The van der Waals surface area contributed by atoms with E-state index in [2.05, 4.69) is 23.7 Å². The summed E-state index contributed by atoms with van der Waals surface area (Å²) in [5, 5.41) is 15.7. The minimum absolute atomic E-state index is 0.111. The van der Waals surface area contributed by atoms with E-state index >= 15 is 0 Å². The summed E-state index contributed by atoms with van der Waals surface area (Å²) >= 11 is 0. The monoisotopic (exact) mass is 506 g/mol. The molecule has 2 amide bonds. The zero-order valence-electron chi connectivity index (χ0n) is 21.8. The number of aliphatic hydroxyl groups is 1. The van der Waals surface area contributed by atoms with Crippen molar-refractivity contribution in [3.63, 3.8) is 0 Å². The zero-order chi connectivity index (χ0) is 26.3. The number of aryl methyl sites for hydroxylation is 1. The van der Waals surface area contributed by atoms with Gasteiger partial charge < -0.3 is 19.6 Å². The second-order valence-electron chi connectivity index (χ2n) is 10.6. The number of nitrogens with zero attached hydrogens (tertiary/aromatic N) is 6. The van der Waals surface area contributed by atoms with Crippen LogP contribution in [-0.4, -0.2) is 69.9 Å². The lowest BCUT2D eigenvalue weighted by molar-refractivity contribution is -0.150. The molecular formula is C27H34N6O4. The van der Waals surface area contributed by atoms with Gasteiger partial charge in [-0.2, -0.15) is 4.52 Å². The molecule has 2 aliphatic rings. The van der Waals surface area contributed by atoms with Crippen molar-refractivity contribution < 1.29 is 19.4 Å². The number of ether oxygens (including phenoxy) is 1. The molecule has 0 radical (unpaired) electrons. The predicted octanol–water partition coefficient (Wildman–Crippen LogP) is 3.31. The lowest BCUT2D eigenvalue weighted by atomic mass is 9.82. The number of amides is 2. The highest BCUT2D eigenvalue weighted by Gasteiger charge is 2.35. The average Bonchev–Trinajstić information content (AvgIpc) is 3.46. The van der Waals surface area contributed by atoms with Gasteiger partial charge in [0.25, 0.3) is 0 Å². The number of benzene rings is 1. The molecule has 0 saturated carbocycles. The van der Waals surface area contributed by atoms with Gasteiger partial charge in [-0.1, -0.05) is 44.2 Å². The molecule has 0 spiro atoms. The second kappa shape index (κ2) is 9.66. The quantitative estimate of drug-likeness (QED) is 0.512. The van der Waals surface area contributed by atoms with Crippen molar-refractivity contribution in [2.24, 2.45) is 5.41 Å². The van der Waals surface area contributed by atoms with Crippen molar-refractivity contribution in [1.29, 1.82) is 0 Å². The molecule has 4 heterocycles. The fraction of sp³-hybridized carbons (Fsp3) is 0.481. The van der Waals surface area contributed by atoms with Crippen LogP contribution in [0.1, 0.15) is 49.6 Å². The summed E-state index contributed by atoms with van der Waals surface area (Å²) in [4.78, 5) is 35.9. The fourth-order valence-electron chi connectivity index (χ4n) is 5.16. The van der Waals surface area contributed by atoms with E-state index in [0.717, 1.165) is 31.5 Å². The third-order valence-corrected chi connectivity index (χ3v) is 7.49. The number of aliphatic hydroxyl groups excluding tert-OH is 1. The van der Waals surface area contributed by atoms with Crippen LogP contribution in [-0.2, 0) is 16.1 Å². The molecule has 0 aliphatic carbocycles. The molecule has 37 heavy (non-hydrogen) atoms. The summed E-state index contributed by atoms with van der Waals surface area (Å²) in [6.07, 6.45) is 0.419. The molecule has 5 rings (SSSR count). The summed E-state index contributed by atoms with van der Waals surface area (Å²) < 4.78 is 6.51. The van der Waals surface area contributed by atoms with Crippen molar-refractivity contribution in [3.8, 4) is 0 Å². The Bertz CT molecular complexity index is 1310. The SMILES string of the molecule is COC(=O)[C@@H](O)c1c(C)nc2cc(N3CCN(Cc4ccccc4)C3=O)nn2c1N1CCC(C)(C)CC1. The molecule has 10 heteroatoms. The minimum atomic E-state index is -1.49. The molecule has 2 fully saturated rings. The van der Waals surface area contributed by atoms with Crippen LogP contribution in [0.3, 0.4) is 0 Å². The van der Waals surface area contributed by atoms with Crippen molar-refractivity contribution >= 4 is 29.3 Å². The smallest absolute Gasteiger partial charge is 0.339 e. The van der Waals surface area contributed by atoms with Gasteiger partial charge in [-0.3, -0.25) is 4.90 Å². The van der Waals surface area contributed by atoms with Gasteiger partial charge in [0.05, 0.1) is 12.7 Å². The van der Waals surface area contributed by atoms with Crippen LogP contribution in [0.2, 0.25) is 0 Å². The highest BCUT2D eigenvalue weighted by Crippen LogP contribution is 2.37. The number of fused-ring (bicyclic) bond motifs is 1. The Kier molecular flexibility index (Phi) is 6.53.